The maximum absolute atomic E-state index is 12.7. The first kappa shape index (κ1) is 18.7. The third-order valence-corrected chi connectivity index (χ3v) is 5.24. The van der Waals surface area contributed by atoms with Crippen LogP contribution in [0.1, 0.15) is 27.0 Å². The standard InChI is InChI=1S/C21H18N4O3S/c1-2-22-21(27)17-12-16-18(29-17)19(25-24-16)23-20(26)13-7-6-10-15(11-13)28-14-8-4-3-5-9-14/h3-12H,2H2,1H3,(H,22,27)(H2,23,24,25,26). The highest BCUT2D eigenvalue weighted by atomic mass is 32.1. The van der Waals surface area contributed by atoms with Crippen molar-refractivity contribution in [2.45, 2.75) is 6.92 Å². The van der Waals surface area contributed by atoms with Crippen molar-refractivity contribution in [1.82, 2.24) is 15.5 Å². The topological polar surface area (TPSA) is 96.1 Å². The minimum atomic E-state index is -0.315. The lowest BCUT2D eigenvalue weighted by Crippen LogP contribution is -2.21. The Morgan fingerprint density at radius 2 is 1.83 bits per heavy atom. The van der Waals surface area contributed by atoms with Crippen molar-refractivity contribution < 1.29 is 14.3 Å². The van der Waals surface area contributed by atoms with E-state index in [9.17, 15) is 9.59 Å². The van der Waals surface area contributed by atoms with Crippen LogP contribution in [-0.4, -0.2) is 28.6 Å². The van der Waals surface area contributed by atoms with Crippen molar-refractivity contribution >= 4 is 39.2 Å². The van der Waals surface area contributed by atoms with Crippen LogP contribution in [0, 0.1) is 0 Å². The van der Waals surface area contributed by atoms with Gasteiger partial charge < -0.3 is 15.4 Å². The van der Waals surface area contributed by atoms with E-state index in [-0.39, 0.29) is 11.8 Å². The number of nitrogens with one attached hydrogen (secondary N) is 3. The molecule has 0 saturated carbocycles. The maximum Gasteiger partial charge on any atom is 0.261 e. The molecule has 0 aliphatic heterocycles. The second-order valence-electron chi connectivity index (χ2n) is 6.18. The first-order chi connectivity index (χ1) is 14.1. The Bertz CT molecular complexity index is 1170. The summed E-state index contributed by atoms with van der Waals surface area (Å²) < 4.78 is 6.50. The minimum absolute atomic E-state index is 0.148. The Kier molecular flexibility index (Phi) is 5.26. The van der Waals surface area contributed by atoms with Crippen molar-refractivity contribution in [1.29, 1.82) is 0 Å². The van der Waals surface area contributed by atoms with Crippen molar-refractivity contribution in [3.63, 3.8) is 0 Å². The largest absolute Gasteiger partial charge is 0.457 e. The van der Waals surface area contributed by atoms with Crippen LogP contribution >= 0.6 is 11.3 Å². The second kappa shape index (κ2) is 8.15. The van der Waals surface area contributed by atoms with Crippen LogP contribution in [0.5, 0.6) is 11.5 Å². The number of anilines is 1. The molecule has 0 radical (unpaired) electrons. The summed E-state index contributed by atoms with van der Waals surface area (Å²) in [5.41, 5.74) is 1.14. The van der Waals surface area contributed by atoms with Gasteiger partial charge in [-0.05, 0) is 43.3 Å². The van der Waals surface area contributed by atoms with Gasteiger partial charge in [0.1, 0.15) is 11.5 Å². The summed E-state index contributed by atoms with van der Waals surface area (Å²) in [6.07, 6.45) is 0. The molecular formula is C21H18N4O3S. The van der Waals surface area contributed by atoms with E-state index in [1.54, 1.807) is 30.3 Å². The van der Waals surface area contributed by atoms with Crippen LogP contribution in [0.3, 0.4) is 0 Å². The second-order valence-corrected chi connectivity index (χ2v) is 7.23. The van der Waals surface area contributed by atoms with Crippen molar-refractivity contribution in [3.8, 4) is 11.5 Å². The molecule has 0 atom stereocenters. The Hall–Kier alpha value is -3.65. The van der Waals surface area contributed by atoms with E-state index in [1.165, 1.54) is 11.3 Å². The fraction of sp³-hybridized carbons (Fsp3) is 0.0952. The number of carbonyl (C=O) groups excluding carboxylic acids is 2. The molecule has 0 aliphatic carbocycles. The van der Waals surface area contributed by atoms with E-state index in [0.29, 0.717) is 39.8 Å². The molecule has 2 heterocycles. The quantitative estimate of drug-likeness (QED) is 0.442. The predicted molar refractivity (Wildman–Crippen MR) is 113 cm³/mol. The number of rotatable bonds is 6. The zero-order valence-corrected chi connectivity index (χ0v) is 16.4. The summed E-state index contributed by atoms with van der Waals surface area (Å²) in [7, 11) is 0. The number of hydrogen-bond donors (Lipinski definition) is 3. The van der Waals surface area contributed by atoms with Crippen LogP contribution in [0.4, 0.5) is 5.82 Å². The average Bonchev–Trinajstić information content (AvgIpc) is 3.31. The lowest BCUT2D eigenvalue weighted by molar-refractivity contribution is 0.0959. The summed E-state index contributed by atoms with van der Waals surface area (Å²) in [6, 6.07) is 18.0. The number of para-hydroxylation sites is 1. The van der Waals surface area contributed by atoms with Crippen LogP contribution in [-0.2, 0) is 0 Å². The van der Waals surface area contributed by atoms with Gasteiger partial charge >= 0.3 is 0 Å². The van der Waals surface area contributed by atoms with Crippen molar-refractivity contribution in [2.24, 2.45) is 0 Å². The Balaban J connectivity index is 1.52. The molecule has 2 aromatic carbocycles. The zero-order chi connectivity index (χ0) is 20.2. The first-order valence-electron chi connectivity index (χ1n) is 9.04. The number of carbonyl (C=O) groups is 2. The third kappa shape index (κ3) is 4.12. The van der Waals surface area contributed by atoms with Gasteiger partial charge in [-0.1, -0.05) is 24.3 Å². The molecule has 0 fully saturated rings. The third-order valence-electron chi connectivity index (χ3n) is 4.10. The van der Waals surface area contributed by atoms with Crippen LogP contribution in [0.2, 0.25) is 0 Å². The highest BCUT2D eigenvalue weighted by molar-refractivity contribution is 7.21. The number of amides is 2. The van der Waals surface area contributed by atoms with Crippen molar-refractivity contribution in [2.75, 3.05) is 11.9 Å². The summed E-state index contributed by atoms with van der Waals surface area (Å²) in [5.74, 6) is 1.18. The van der Waals surface area contributed by atoms with Gasteiger partial charge in [0, 0.05) is 12.1 Å². The number of thiophene rings is 1. The van der Waals surface area contributed by atoms with E-state index in [1.807, 2.05) is 37.3 Å². The van der Waals surface area contributed by atoms with E-state index in [2.05, 4.69) is 20.8 Å². The van der Waals surface area contributed by atoms with Gasteiger partial charge in [0.25, 0.3) is 11.8 Å². The summed E-state index contributed by atoms with van der Waals surface area (Å²) in [4.78, 5) is 25.3. The summed E-state index contributed by atoms with van der Waals surface area (Å²) in [5, 5.41) is 12.6. The first-order valence-corrected chi connectivity index (χ1v) is 9.86. The molecule has 0 bridgehead atoms. The fourth-order valence-electron chi connectivity index (χ4n) is 2.77. The lowest BCUT2D eigenvalue weighted by Gasteiger charge is -2.07. The SMILES string of the molecule is CCNC(=O)c1cc2[nH]nc(NC(=O)c3cccc(Oc4ccccc4)c3)c2s1. The van der Waals surface area contributed by atoms with Gasteiger partial charge in [-0.15, -0.1) is 11.3 Å². The van der Waals surface area contributed by atoms with Gasteiger partial charge in [0.05, 0.1) is 15.1 Å². The molecule has 146 valence electrons. The highest BCUT2D eigenvalue weighted by Crippen LogP contribution is 2.30. The zero-order valence-electron chi connectivity index (χ0n) is 15.6. The summed E-state index contributed by atoms with van der Waals surface area (Å²) in [6.45, 7) is 2.41. The normalized spacial score (nSPS) is 10.7. The molecule has 7 nitrogen and oxygen atoms in total. The Morgan fingerprint density at radius 1 is 1.03 bits per heavy atom. The fourth-order valence-corrected chi connectivity index (χ4v) is 3.74. The van der Waals surface area contributed by atoms with E-state index < -0.39 is 0 Å². The van der Waals surface area contributed by atoms with Gasteiger partial charge in [0.15, 0.2) is 5.82 Å². The molecule has 0 aliphatic rings. The Labute approximate surface area is 170 Å². The maximum atomic E-state index is 12.7. The van der Waals surface area contributed by atoms with E-state index in [4.69, 9.17) is 4.74 Å². The number of ether oxygens (including phenoxy) is 1. The van der Waals surface area contributed by atoms with E-state index >= 15 is 0 Å². The monoisotopic (exact) mass is 406 g/mol. The number of hydrogen-bond acceptors (Lipinski definition) is 5. The number of aromatic nitrogens is 2. The average molecular weight is 406 g/mol. The molecule has 2 amide bonds. The lowest BCUT2D eigenvalue weighted by atomic mass is 10.2. The Morgan fingerprint density at radius 3 is 2.62 bits per heavy atom. The predicted octanol–water partition coefficient (Wildman–Crippen LogP) is 4.42. The van der Waals surface area contributed by atoms with Gasteiger partial charge in [0.2, 0.25) is 0 Å². The highest BCUT2D eigenvalue weighted by Gasteiger charge is 2.17. The van der Waals surface area contributed by atoms with E-state index in [0.717, 1.165) is 4.70 Å². The molecule has 0 spiro atoms. The molecule has 4 aromatic rings. The summed E-state index contributed by atoms with van der Waals surface area (Å²) >= 11 is 1.28. The molecule has 0 unspecified atom stereocenters. The number of aromatic amines is 1. The van der Waals surface area contributed by atoms with Crippen LogP contribution < -0.4 is 15.4 Å². The van der Waals surface area contributed by atoms with Crippen LogP contribution in [0.15, 0.2) is 60.7 Å². The minimum Gasteiger partial charge on any atom is -0.457 e. The molecule has 4 rings (SSSR count). The van der Waals surface area contributed by atoms with Gasteiger partial charge in [-0.2, -0.15) is 5.10 Å². The molecule has 2 aromatic heterocycles. The molecule has 8 heteroatoms. The molecule has 0 saturated heterocycles. The number of benzene rings is 2. The van der Waals surface area contributed by atoms with Crippen LogP contribution in [0.25, 0.3) is 10.2 Å². The van der Waals surface area contributed by atoms with Gasteiger partial charge in [-0.3, -0.25) is 14.7 Å². The number of H-pyrrole nitrogens is 1. The molecular weight excluding hydrogens is 388 g/mol. The smallest absolute Gasteiger partial charge is 0.261 e. The molecule has 3 N–H and O–H groups in total. The van der Waals surface area contributed by atoms with Crippen molar-refractivity contribution in [3.05, 3.63) is 71.1 Å². The number of nitrogens with zero attached hydrogens (tertiary/aromatic N) is 1. The molecule has 29 heavy (non-hydrogen) atoms. The number of fused-ring (bicyclic) bond motifs is 1. The van der Waals surface area contributed by atoms with Gasteiger partial charge in [-0.25, -0.2) is 0 Å².